The number of amides is 1. The Bertz CT molecular complexity index is 847. The SMILES string of the molecule is Cc1ccccc1C(C)NC(=O)c1ccccc1N(C)S(C)(=O)=O. The molecule has 0 saturated heterocycles. The first-order valence-electron chi connectivity index (χ1n) is 7.61. The minimum atomic E-state index is -3.45. The average Bonchev–Trinajstić information content (AvgIpc) is 2.53. The van der Waals surface area contributed by atoms with Crippen LogP contribution in [0.5, 0.6) is 0 Å². The molecule has 0 aliphatic rings. The molecule has 2 aromatic rings. The highest BCUT2D eigenvalue weighted by Crippen LogP contribution is 2.23. The molecule has 0 heterocycles. The van der Waals surface area contributed by atoms with E-state index in [2.05, 4.69) is 5.32 Å². The molecule has 24 heavy (non-hydrogen) atoms. The molecule has 0 saturated carbocycles. The highest BCUT2D eigenvalue weighted by atomic mass is 32.2. The first-order chi connectivity index (χ1) is 11.2. The molecule has 0 bridgehead atoms. The Balaban J connectivity index is 2.30. The summed E-state index contributed by atoms with van der Waals surface area (Å²) in [5, 5.41) is 2.94. The van der Waals surface area contributed by atoms with Gasteiger partial charge < -0.3 is 5.32 Å². The van der Waals surface area contributed by atoms with Gasteiger partial charge in [-0.15, -0.1) is 0 Å². The summed E-state index contributed by atoms with van der Waals surface area (Å²) in [5.41, 5.74) is 2.80. The fourth-order valence-electron chi connectivity index (χ4n) is 2.54. The van der Waals surface area contributed by atoms with Crippen LogP contribution in [0.4, 0.5) is 5.69 Å². The Hall–Kier alpha value is -2.34. The number of carbonyl (C=O) groups excluding carboxylic acids is 1. The van der Waals surface area contributed by atoms with Gasteiger partial charge in [-0.3, -0.25) is 9.10 Å². The van der Waals surface area contributed by atoms with Crippen LogP contribution < -0.4 is 9.62 Å². The van der Waals surface area contributed by atoms with Crippen LogP contribution in [0.15, 0.2) is 48.5 Å². The molecule has 1 unspecified atom stereocenters. The molecule has 6 heteroatoms. The van der Waals surface area contributed by atoms with E-state index in [0.717, 1.165) is 21.7 Å². The molecule has 0 aromatic heterocycles. The number of aryl methyl sites for hydroxylation is 1. The van der Waals surface area contributed by atoms with E-state index in [1.807, 2.05) is 38.1 Å². The number of anilines is 1. The maximum atomic E-state index is 12.7. The minimum absolute atomic E-state index is 0.185. The number of carbonyl (C=O) groups is 1. The van der Waals surface area contributed by atoms with E-state index in [1.165, 1.54) is 7.05 Å². The van der Waals surface area contributed by atoms with Gasteiger partial charge in [0.05, 0.1) is 23.5 Å². The van der Waals surface area contributed by atoms with Crippen molar-refractivity contribution >= 4 is 21.6 Å². The second kappa shape index (κ2) is 7.05. The van der Waals surface area contributed by atoms with Crippen molar-refractivity contribution in [2.45, 2.75) is 19.9 Å². The van der Waals surface area contributed by atoms with Crippen molar-refractivity contribution in [2.24, 2.45) is 0 Å². The second-order valence-corrected chi connectivity index (χ2v) is 7.81. The fraction of sp³-hybridized carbons (Fsp3) is 0.278. The van der Waals surface area contributed by atoms with Crippen LogP contribution in [0.2, 0.25) is 0 Å². The zero-order valence-electron chi connectivity index (χ0n) is 14.3. The summed E-state index contributed by atoms with van der Waals surface area (Å²) in [4.78, 5) is 12.7. The van der Waals surface area contributed by atoms with Gasteiger partial charge in [-0.2, -0.15) is 0 Å². The molecule has 1 atom stereocenters. The lowest BCUT2D eigenvalue weighted by Crippen LogP contribution is -2.31. The quantitative estimate of drug-likeness (QED) is 0.905. The van der Waals surface area contributed by atoms with E-state index in [1.54, 1.807) is 24.3 Å². The molecule has 2 aromatic carbocycles. The molecular formula is C18H22N2O3S. The molecule has 0 aliphatic heterocycles. The van der Waals surface area contributed by atoms with Crippen molar-refractivity contribution in [3.63, 3.8) is 0 Å². The Morgan fingerprint density at radius 1 is 1.08 bits per heavy atom. The van der Waals surface area contributed by atoms with Gasteiger partial charge in [-0.05, 0) is 37.1 Å². The van der Waals surface area contributed by atoms with Crippen LogP contribution in [0.1, 0.15) is 34.5 Å². The number of benzene rings is 2. The van der Waals surface area contributed by atoms with Gasteiger partial charge in [0.2, 0.25) is 10.0 Å². The summed E-state index contributed by atoms with van der Waals surface area (Å²) in [6.45, 7) is 3.90. The first-order valence-corrected chi connectivity index (χ1v) is 9.46. The molecule has 128 valence electrons. The van der Waals surface area contributed by atoms with Crippen molar-refractivity contribution in [3.8, 4) is 0 Å². The normalized spacial score (nSPS) is 12.5. The summed E-state index contributed by atoms with van der Waals surface area (Å²) >= 11 is 0. The zero-order chi connectivity index (χ0) is 17.9. The molecule has 0 aliphatic carbocycles. The monoisotopic (exact) mass is 346 g/mol. The largest absolute Gasteiger partial charge is 0.345 e. The van der Waals surface area contributed by atoms with Gasteiger partial charge >= 0.3 is 0 Å². The van der Waals surface area contributed by atoms with Crippen molar-refractivity contribution in [2.75, 3.05) is 17.6 Å². The van der Waals surface area contributed by atoms with E-state index in [-0.39, 0.29) is 11.9 Å². The molecule has 0 fully saturated rings. The summed E-state index contributed by atoms with van der Waals surface area (Å²) in [5.74, 6) is -0.308. The molecule has 0 radical (unpaired) electrons. The van der Waals surface area contributed by atoms with Crippen LogP contribution in [-0.2, 0) is 10.0 Å². The maximum Gasteiger partial charge on any atom is 0.253 e. The first kappa shape index (κ1) is 18.0. The maximum absolute atomic E-state index is 12.7. The third-order valence-corrected chi connectivity index (χ3v) is 5.18. The Labute approximate surface area is 143 Å². The van der Waals surface area contributed by atoms with Crippen LogP contribution in [0.3, 0.4) is 0 Å². The average molecular weight is 346 g/mol. The van der Waals surface area contributed by atoms with Crippen molar-refractivity contribution in [1.29, 1.82) is 0 Å². The van der Waals surface area contributed by atoms with Crippen LogP contribution >= 0.6 is 0 Å². The lowest BCUT2D eigenvalue weighted by molar-refractivity contribution is 0.0940. The van der Waals surface area contributed by atoms with Crippen LogP contribution in [-0.4, -0.2) is 27.6 Å². The van der Waals surface area contributed by atoms with Crippen LogP contribution in [0, 0.1) is 6.92 Å². The molecule has 1 amide bonds. The Kier molecular flexibility index (Phi) is 5.29. The number of sulfonamides is 1. The van der Waals surface area contributed by atoms with E-state index < -0.39 is 10.0 Å². The number of para-hydroxylation sites is 1. The molecular weight excluding hydrogens is 324 g/mol. The second-order valence-electron chi connectivity index (χ2n) is 5.80. The van der Waals surface area contributed by atoms with Crippen LogP contribution in [0.25, 0.3) is 0 Å². The van der Waals surface area contributed by atoms with E-state index >= 15 is 0 Å². The standard InChI is InChI=1S/C18H22N2O3S/c1-13-9-5-6-10-15(13)14(2)19-18(21)16-11-7-8-12-17(16)20(3)24(4,22)23/h5-12,14H,1-4H3,(H,19,21). The number of nitrogens with one attached hydrogen (secondary N) is 1. The number of hydrogen-bond acceptors (Lipinski definition) is 3. The topological polar surface area (TPSA) is 66.5 Å². The third-order valence-electron chi connectivity index (χ3n) is 3.99. The summed E-state index contributed by atoms with van der Waals surface area (Å²) in [6, 6.07) is 14.3. The lowest BCUT2D eigenvalue weighted by Gasteiger charge is -2.21. The van der Waals surface area contributed by atoms with Gasteiger partial charge in [0, 0.05) is 7.05 Å². The van der Waals surface area contributed by atoms with E-state index in [0.29, 0.717) is 11.3 Å². The van der Waals surface area contributed by atoms with Gasteiger partial charge in [0.1, 0.15) is 0 Å². The van der Waals surface area contributed by atoms with Crippen molar-refractivity contribution in [1.82, 2.24) is 5.32 Å². The van der Waals surface area contributed by atoms with E-state index in [4.69, 9.17) is 0 Å². The number of nitrogens with zero attached hydrogens (tertiary/aromatic N) is 1. The van der Waals surface area contributed by atoms with Gasteiger partial charge in [-0.25, -0.2) is 8.42 Å². The Morgan fingerprint density at radius 2 is 1.67 bits per heavy atom. The van der Waals surface area contributed by atoms with Crippen molar-refractivity contribution < 1.29 is 13.2 Å². The van der Waals surface area contributed by atoms with E-state index in [9.17, 15) is 13.2 Å². The zero-order valence-corrected chi connectivity index (χ0v) is 15.1. The fourth-order valence-corrected chi connectivity index (χ4v) is 3.06. The van der Waals surface area contributed by atoms with Gasteiger partial charge in [0.25, 0.3) is 5.91 Å². The van der Waals surface area contributed by atoms with Crippen molar-refractivity contribution in [3.05, 3.63) is 65.2 Å². The van der Waals surface area contributed by atoms with Gasteiger partial charge in [0.15, 0.2) is 0 Å². The van der Waals surface area contributed by atoms with Gasteiger partial charge in [-0.1, -0.05) is 36.4 Å². The highest BCUT2D eigenvalue weighted by Gasteiger charge is 2.21. The summed E-state index contributed by atoms with van der Waals surface area (Å²) in [7, 11) is -2.01. The Morgan fingerprint density at radius 3 is 2.29 bits per heavy atom. The summed E-state index contributed by atoms with van der Waals surface area (Å²) in [6.07, 6.45) is 1.11. The number of rotatable bonds is 5. The predicted molar refractivity (Wildman–Crippen MR) is 96.7 cm³/mol. The minimum Gasteiger partial charge on any atom is -0.345 e. The predicted octanol–water partition coefficient (Wildman–Crippen LogP) is 2.88. The molecule has 0 spiro atoms. The molecule has 2 rings (SSSR count). The molecule has 1 N–H and O–H groups in total. The highest BCUT2D eigenvalue weighted by molar-refractivity contribution is 7.92. The summed E-state index contributed by atoms with van der Waals surface area (Å²) < 4.78 is 24.7. The molecule has 5 nitrogen and oxygen atoms in total. The smallest absolute Gasteiger partial charge is 0.253 e. The lowest BCUT2D eigenvalue weighted by atomic mass is 10.0. The third kappa shape index (κ3) is 3.94. The number of hydrogen-bond donors (Lipinski definition) is 1.